The van der Waals surface area contributed by atoms with Gasteiger partial charge in [0.15, 0.2) is 5.79 Å². The van der Waals surface area contributed by atoms with Gasteiger partial charge in [-0.3, -0.25) is 0 Å². The van der Waals surface area contributed by atoms with Crippen LogP contribution in [-0.2, 0) is 9.47 Å². The Hall–Kier alpha value is -1.11. The predicted octanol–water partition coefficient (Wildman–Crippen LogP) is 1.06. The third-order valence-corrected chi connectivity index (χ3v) is 3.56. The normalized spacial score (nSPS) is 22.6. The van der Waals surface area contributed by atoms with Gasteiger partial charge in [-0.1, -0.05) is 11.6 Å². The van der Waals surface area contributed by atoms with Crippen molar-refractivity contribution in [2.24, 2.45) is 0 Å². The summed E-state index contributed by atoms with van der Waals surface area (Å²) in [5.74, 6) is 0.588. The van der Waals surface area contributed by atoms with Gasteiger partial charge in [-0.15, -0.1) is 0 Å². The van der Waals surface area contributed by atoms with Gasteiger partial charge in [-0.25, -0.2) is 4.98 Å². The summed E-state index contributed by atoms with van der Waals surface area (Å²) in [5.41, 5.74) is 5.60. The first-order chi connectivity index (χ1) is 8.67. The SMILES string of the molecule is Nc1nc(Cl)cc(N2CCC3(CC2)OCCO3)n1. The summed E-state index contributed by atoms with van der Waals surface area (Å²) in [6.45, 7) is 3.00. The summed E-state index contributed by atoms with van der Waals surface area (Å²) in [6.07, 6.45) is 1.66. The van der Waals surface area contributed by atoms with Crippen molar-refractivity contribution in [3.05, 3.63) is 11.2 Å². The summed E-state index contributed by atoms with van der Waals surface area (Å²) >= 11 is 5.88. The lowest BCUT2D eigenvalue weighted by atomic mass is 10.0. The van der Waals surface area contributed by atoms with E-state index in [1.54, 1.807) is 6.07 Å². The maximum absolute atomic E-state index is 5.88. The van der Waals surface area contributed by atoms with Crippen LogP contribution < -0.4 is 10.6 Å². The molecule has 0 atom stereocenters. The summed E-state index contributed by atoms with van der Waals surface area (Å²) < 4.78 is 11.4. The highest BCUT2D eigenvalue weighted by Crippen LogP contribution is 2.33. The number of piperidine rings is 1. The Morgan fingerprint density at radius 1 is 1.22 bits per heavy atom. The number of nitrogens with two attached hydrogens (primary N) is 1. The molecule has 98 valence electrons. The van der Waals surface area contributed by atoms with Crippen molar-refractivity contribution < 1.29 is 9.47 Å². The molecule has 7 heteroatoms. The van der Waals surface area contributed by atoms with Crippen molar-refractivity contribution in [1.29, 1.82) is 0 Å². The minimum Gasteiger partial charge on any atom is -0.368 e. The molecule has 0 amide bonds. The molecule has 0 saturated carbocycles. The van der Waals surface area contributed by atoms with Crippen LogP contribution in [0.25, 0.3) is 0 Å². The van der Waals surface area contributed by atoms with Gasteiger partial charge >= 0.3 is 0 Å². The molecule has 1 aromatic heterocycles. The first-order valence-corrected chi connectivity index (χ1v) is 6.38. The smallest absolute Gasteiger partial charge is 0.223 e. The van der Waals surface area contributed by atoms with E-state index in [-0.39, 0.29) is 11.7 Å². The van der Waals surface area contributed by atoms with E-state index in [1.807, 2.05) is 0 Å². The molecule has 0 unspecified atom stereocenters. The standard InChI is InChI=1S/C11H15ClN4O2/c12-8-7-9(15-10(13)14-8)16-3-1-11(2-4-16)17-5-6-18-11/h7H,1-6H2,(H2,13,14,15). The van der Waals surface area contributed by atoms with E-state index in [0.29, 0.717) is 18.4 Å². The molecular formula is C11H15ClN4O2. The van der Waals surface area contributed by atoms with Crippen LogP contribution in [0.15, 0.2) is 6.07 Å². The number of rotatable bonds is 1. The van der Waals surface area contributed by atoms with Crippen LogP contribution in [-0.4, -0.2) is 42.1 Å². The number of hydrogen-bond acceptors (Lipinski definition) is 6. The topological polar surface area (TPSA) is 73.5 Å². The second-order valence-electron chi connectivity index (χ2n) is 4.50. The summed E-state index contributed by atoms with van der Waals surface area (Å²) in [7, 11) is 0. The number of aromatic nitrogens is 2. The summed E-state index contributed by atoms with van der Waals surface area (Å²) in [4.78, 5) is 10.2. The first-order valence-electron chi connectivity index (χ1n) is 6.00. The number of hydrogen-bond donors (Lipinski definition) is 1. The minimum atomic E-state index is -0.376. The van der Waals surface area contributed by atoms with Crippen molar-refractivity contribution >= 4 is 23.4 Å². The third kappa shape index (κ3) is 2.23. The Morgan fingerprint density at radius 2 is 1.89 bits per heavy atom. The number of nitrogen functional groups attached to an aromatic ring is 1. The second kappa shape index (κ2) is 4.53. The second-order valence-corrected chi connectivity index (χ2v) is 4.89. The molecule has 3 rings (SSSR count). The predicted molar refractivity (Wildman–Crippen MR) is 67.5 cm³/mol. The Bertz CT molecular complexity index is 420. The lowest BCUT2D eigenvalue weighted by molar-refractivity contribution is -0.169. The van der Waals surface area contributed by atoms with Gasteiger partial charge in [0.05, 0.1) is 13.2 Å². The van der Waals surface area contributed by atoms with E-state index in [1.165, 1.54) is 0 Å². The molecule has 6 nitrogen and oxygen atoms in total. The highest BCUT2D eigenvalue weighted by Gasteiger charge is 2.40. The number of nitrogens with zero attached hydrogens (tertiary/aromatic N) is 3. The lowest BCUT2D eigenvalue weighted by Crippen LogP contribution is -2.45. The zero-order chi connectivity index (χ0) is 12.6. The van der Waals surface area contributed by atoms with Crippen molar-refractivity contribution in [2.75, 3.05) is 36.9 Å². The van der Waals surface area contributed by atoms with Gasteiger partial charge in [0, 0.05) is 32.0 Å². The number of anilines is 2. The van der Waals surface area contributed by atoms with Crippen LogP contribution in [0.1, 0.15) is 12.8 Å². The maximum Gasteiger partial charge on any atom is 0.223 e. The van der Waals surface area contributed by atoms with Crippen molar-refractivity contribution in [3.8, 4) is 0 Å². The van der Waals surface area contributed by atoms with Gasteiger partial charge in [0.25, 0.3) is 0 Å². The average Bonchev–Trinajstić information content (AvgIpc) is 2.77. The van der Waals surface area contributed by atoms with E-state index in [4.69, 9.17) is 26.8 Å². The maximum atomic E-state index is 5.88. The molecule has 2 N–H and O–H groups in total. The van der Waals surface area contributed by atoms with Gasteiger partial charge in [-0.05, 0) is 0 Å². The molecule has 1 spiro atoms. The number of ether oxygens (including phenoxy) is 2. The molecule has 0 aliphatic carbocycles. The molecule has 2 fully saturated rings. The fourth-order valence-corrected chi connectivity index (χ4v) is 2.63. The molecule has 2 aliphatic rings. The fourth-order valence-electron chi connectivity index (χ4n) is 2.45. The van der Waals surface area contributed by atoms with Gasteiger partial charge in [0.1, 0.15) is 11.0 Å². The Kier molecular flexibility index (Phi) is 3.01. The van der Waals surface area contributed by atoms with Crippen molar-refractivity contribution in [1.82, 2.24) is 9.97 Å². The third-order valence-electron chi connectivity index (χ3n) is 3.36. The molecule has 2 saturated heterocycles. The fraction of sp³-hybridized carbons (Fsp3) is 0.636. The van der Waals surface area contributed by atoms with Gasteiger partial charge in [0.2, 0.25) is 5.95 Å². The zero-order valence-corrected chi connectivity index (χ0v) is 10.7. The molecular weight excluding hydrogens is 256 g/mol. The Labute approximate surface area is 110 Å². The van der Waals surface area contributed by atoms with E-state index >= 15 is 0 Å². The molecule has 0 aromatic carbocycles. The van der Waals surface area contributed by atoms with E-state index in [0.717, 1.165) is 31.7 Å². The molecule has 3 heterocycles. The first kappa shape index (κ1) is 12.0. The zero-order valence-electron chi connectivity index (χ0n) is 9.93. The monoisotopic (exact) mass is 270 g/mol. The highest BCUT2D eigenvalue weighted by atomic mass is 35.5. The Balaban J connectivity index is 1.72. The largest absolute Gasteiger partial charge is 0.368 e. The highest BCUT2D eigenvalue weighted by molar-refractivity contribution is 6.29. The van der Waals surface area contributed by atoms with Gasteiger partial charge < -0.3 is 20.1 Å². The van der Waals surface area contributed by atoms with Crippen molar-refractivity contribution in [3.63, 3.8) is 0 Å². The quantitative estimate of drug-likeness (QED) is 0.769. The van der Waals surface area contributed by atoms with E-state index < -0.39 is 0 Å². The van der Waals surface area contributed by atoms with Crippen LogP contribution in [0.4, 0.5) is 11.8 Å². The minimum absolute atomic E-state index is 0.200. The average molecular weight is 271 g/mol. The van der Waals surface area contributed by atoms with E-state index in [9.17, 15) is 0 Å². The molecule has 0 radical (unpaired) electrons. The summed E-state index contributed by atoms with van der Waals surface area (Å²) in [6, 6.07) is 1.73. The van der Waals surface area contributed by atoms with Crippen LogP contribution >= 0.6 is 11.6 Å². The molecule has 18 heavy (non-hydrogen) atoms. The lowest BCUT2D eigenvalue weighted by Gasteiger charge is -2.38. The van der Waals surface area contributed by atoms with Crippen molar-refractivity contribution in [2.45, 2.75) is 18.6 Å². The van der Waals surface area contributed by atoms with Crippen LogP contribution in [0.2, 0.25) is 5.15 Å². The Morgan fingerprint density at radius 3 is 2.50 bits per heavy atom. The molecule has 2 aliphatic heterocycles. The molecule has 1 aromatic rings. The van der Waals surface area contributed by atoms with Crippen LogP contribution in [0.5, 0.6) is 0 Å². The van der Waals surface area contributed by atoms with E-state index in [2.05, 4.69) is 14.9 Å². The van der Waals surface area contributed by atoms with Crippen LogP contribution in [0.3, 0.4) is 0 Å². The summed E-state index contributed by atoms with van der Waals surface area (Å²) in [5, 5.41) is 0.367. The molecule has 0 bridgehead atoms. The number of halogens is 1. The van der Waals surface area contributed by atoms with Gasteiger partial charge in [-0.2, -0.15) is 4.98 Å². The van der Waals surface area contributed by atoms with Crippen LogP contribution in [0, 0.1) is 0 Å².